The van der Waals surface area contributed by atoms with Crippen molar-refractivity contribution in [2.45, 2.75) is 49.8 Å². The van der Waals surface area contributed by atoms with Crippen LogP contribution < -0.4 is 5.73 Å². The van der Waals surface area contributed by atoms with Crippen molar-refractivity contribution >= 4 is 0 Å². The van der Waals surface area contributed by atoms with E-state index in [0.29, 0.717) is 19.3 Å². The summed E-state index contributed by atoms with van der Waals surface area (Å²) >= 11 is 0. The molecule has 0 aromatic rings. The molecule has 4 nitrogen and oxygen atoms in total. The summed E-state index contributed by atoms with van der Waals surface area (Å²) in [6.07, 6.45) is 5.01. The number of nitrogens with two attached hydrogens (primary N) is 1. The molecule has 3 N–H and O–H groups in total. The molecule has 1 aliphatic heterocycles. The van der Waals surface area contributed by atoms with E-state index in [-0.39, 0.29) is 6.04 Å². The minimum Gasteiger partial charge on any atom is -0.388 e. The fourth-order valence-corrected chi connectivity index (χ4v) is 3.01. The predicted octanol–water partition coefficient (Wildman–Crippen LogP) is 0.340. The van der Waals surface area contributed by atoms with E-state index in [9.17, 15) is 5.11 Å². The van der Waals surface area contributed by atoms with E-state index in [1.165, 1.54) is 12.8 Å². The van der Waals surface area contributed by atoms with Crippen molar-refractivity contribution < 1.29 is 9.84 Å². The number of hydrogen-bond acceptors (Lipinski definition) is 4. The van der Waals surface area contributed by atoms with Crippen molar-refractivity contribution in [3.63, 3.8) is 0 Å². The molecule has 2 atom stereocenters. The van der Waals surface area contributed by atoms with Crippen LogP contribution in [0.4, 0.5) is 0 Å². The Morgan fingerprint density at radius 3 is 2.62 bits per heavy atom. The maximum absolute atomic E-state index is 10.4. The van der Waals surface area contributed by atoms with E-state index >= 15 is 0 Å². The molecule has 16 heavy (non-hydrogen) atoms. The zero-order valence-corrected chi connectivity index (χ0v) is 10.2. The fourth-order valence-electron chi connectivity index (χ4n) is 3.01. The Kier molecular flexibility index (Phi) is 3.85. The average Bonchev–Trinajstić information content (AvgIpc) is 2.65. The largest absolute Gasteiger partial charge is 0.388 e. The molecule has 1 saturated heterocycles. The highest BCUT2D eigenvalue weighted by molar-refractivity contribution is 4.91. The van der Waals surface area contributed by atoms with Gasteiger partial charge in [-0.3, -0.25) is 4.90 Å². The summed E-state index contributed by atoms with van der Waals surface area (Å²) in [4.78, 5) is 2.25. The van der Waals surface area contributed by atoms with E-state index in [1.807, 2.05) is 0 Å². The summed E-state index contributed by atoms with van der Waals surface area (Å²) in [5.41, 5.74) is 5.52. The minimum absolute atomic E-state index is 0.286. The second-order valence-corrected chi connectivity index (χ2v) is 5.41. The Labute approximate surface area is 97.7 Å². The molecular formula is C12H24N2O2. The average molecular weight is 228 g/mol. The molecule has 2 rings (SSSR count). The topological polar surface area (TPSA) is 58.7 Å². The number of rotatable bonds is 3. The van der Waals surface area contributed by atoms with Crippen LogP contribution in [0.15, 0.2) is 0 Å². The normalized spacial score (nSPS) is 34.5. The first kappa shape index (κ1) is 12.3. The van der Waals surface area contributed by atoms with Crippen LogP contribution in [-0.2, 0) is 4.74 Å². The summed E-state index contributed by atoms with van der Waals surface area (Å²) in [6, 6.07) is 0.736. The molecular weight excluding hydrogens is 204 g/mol. The molecule has 0 amide bonds. The van der Waals surface area contributed by atoms with Gasteiger partial charge in [0.15, 0.2) is 0 Å². The van der Waals surface area contributed by atoms with Gasteiger partial charge in [0.05, 0.1) is 5.60 Å². The molecule has 0 bridgehead atoms. The first-order valence-electron chi connectivity index (χ1n) is 6.37. The molecule has 2 unspecified atom stereocenters. The fraction of sp³-hybridized carbons (Fsp3) is 1.00. The Morgan fingerprint density at radius 2 is 2.06 bits per heavy atom. The van der Waals surface area contributed by atoms with Crippen LogP contribution in [0.2, 0.25) is 0 Å². The Hall–Kier alpha value is -0.160. The van der Waals surface area contributed by atoms with Crippen LogP contribution in [0, 0.1) is 0 Å². The Balaban J connectivity index is 1.87. The predicted molar refractivity (Wildman–Crippen MR) is 63.2 cm³/mol. The molecule has 2 aliphatic rings. The van der Waals surface area contributed by atoms with Crippen molar-refractivity contribution in [3.8, 4) is 0 Å². The molecule has 94 valence electrons. The van der Waals surface area contributed by atoms with Gasteiger partial charge in [0, 0.05) is 44.7 Å². The zero-order valence-electron chi connectivity index (χ0n) is 10.2. The number of likely N-dealkylation sites (N-methyl/N-ethyl adjacent to an activating group) is 1. The smallest absolute Gasteiger partial charge is 0.0817 e. The highest BCUT2D eigenvalue weighted by Gasteiger charge is 2.35. The number of nitrogens with zero attached hydrogens (tertiary/aromatic N) is 1. The SMILES string of the molecule is CN(CC1(O)CCOCC1)C1CCCC1N. The molecule has 0 spiro atoms. The van der Waals surface area contributed by atoms with E-state index in [4.69, 9.17) is 10.5 Å². The Bertz CT molecular complexity index is 229. The van der Waals surface area contributed by atoms with Gasteiger partial charge in [0.2, 0.25) is 0 Å². The highest BCUT2D eigenvalue weighted by atomic mass is 16.5. The van der Waals surface area contributed by atoms with Crippen LogP contribution in [0.5, 0.6) is 0 Å². The second-order valence-electron chi connectivity index (χ2n) is 5.41. The molecule has 1 saturated carbocycles. The van der Waals surface area contributed by atoms with Crippen molar-refractivity contribution in [3.05, 3.63) is 0 Å². The molecule has 0 aromatic heterocycles. The van der Waals surface area contributed by atoms with Crippen molar-refractivity contribution in [1.29, 1.82) is 0 Å². The lowest BCUT2D eigenvalue weighted by atomic mass is 9.93. The van der Waals surface area contributed by atoms with Gasteiger partial charge in [-0.15, -0.1) is 0 Å². The van der Waals surface area contributed by atoms with Crippen molar-refractivity contribution in [1.82, 2.24) is 4.90 Å². The Morgan fingerprint density at radius 1 is 1.38 bits per heavy atom. The first-order valence-corrected chi connectivity index (χ1v) is 6.37. The van der Waals surface area contributed by atoms with Gasteiger partial charge in [-0.25, -0.2) is 0 Å². The maximum atomic E-state index is 10.4. The van der Waals surface area contributed by atoms with E-state index in [0.717, 1.165) is 25.8 Å². The molecule has 2 fully saturated rings. The van der Waals surface area contributed by atoms with Gasteiger partial charge >= 0.3 is 0 Å². The molecule has 1 aliphatic carbocycles. The highest BCUT2D eigenvalue weighted by Crippen LogP contribution is 2.26. The third kappa shape index (κ3) is 2.74. The lowest BCUT2D eigenvalue weighted by Crippen LogP contribution is -2.51. The van der Waals surface area contributed by atoms with Crippen molar-refractivity contribution in [2.75, 3.05) is 26.8 Å². The van der Waals surface area contributed by atoms with Gasteiger partial charge in [0.25, 0.3) is 0 Å². The molecule has 1 heterocycles. The minimum atomic E-state index is -0.560. The first-order chi connectivity index (χ1) is 7.61. The van der Waals surface area contributed by atoms with Crippen LogP contribution in [0.1, 0.15) is 32.1 Å². The van der Waals surface area contributed by atoms with Crippen LogP contribution in [0.25, 0.3) is 0 Å². The summed E-state index contributed by atoms with van der Waals surface area (Å²) in [6.45, 7) is 2.09. The molecule has 0 radical (unpaired) electrons. The number of hydrogen-bond donors (Lipinski definition) is 2. The third-order valence-corrected chi connectivity index (χ3v) is 4.06. The summed E-state index contributed by atoms with van der Waals surface area (Å²) < 4.78 is 5.29. The van der Waals surface area contributed by atoms with Crippen LogP contribution in [-0.4, -0.2) is 54.5 Å². The standard InChI is InChI=1S/C12H24N2O2/c1-14(11-4-2-3-10(11)13)9-12(15)5-7-16-8-6-12/h10-11,15H,2-9,13H2,1H3. The van der Waals surface area contributed by atoms with Gasteiger partial charge in [-0.2, -0.15) is 0 Å². The molecule has 0 aromatic carbocycles. The summed E-state index contributed by atoms with van der Waals surface area (Å²) in [5.74, 6) is 0. The van der Waals surface area contributed by atoms with Crippen molar-refractivity contribution in [2.24, 2.45) is 5.73 Å². The summed E-state index contributed by atoms with van der Waals surface area (Å²) in [5, 5.41) is 10.4. The van der Waals surface area contributed by atoms with Crippen LogP contribution in [0.3, 0.4) is 0 Å². The summed E-state index contributed by atoms with van der Waals surface area (Å²) in [7, 11) is 2.09. The van der Waals surface area contributed by atoms with Crippen LogP contribution >= 0.6 is 0 Å². The van der Waals surface area contributed by atoms with Gasteiger partial charge in [-0.05, 0) is 19.9 Å². The van der Waals surface area contributed by atoms with E-state index in [1.54, 1.807) is 0 Å². The zero-order chi connectivity index (χ0) is 11.6. The second kappa shape index (κ2) is 5.00. The lowest BCUT2D eigenvalue weighted by Gasteiger charge is -2.38. The maximum Gasteiger partial charge on any atom is 0.0817 e. The lowest BCUT2D eigenvalue weighted by molar-refractivity contribution is -0.0816. The number of ether oxygens (including phenoxy) is 1. The van der Waals surface area contributed by atoms with Gasteiger partial charge in [-0.1, -0.05) is 6.42 Å². The number of aliphatic hydroxyl groups is 1. The quantitative estimate of drug-likeness (QED) is 0.731. The van der Waals surface area contributed by atoms with Gasteiger partial charge < -0.3 is 15.6 Å². The van der Waals surface area contributed by atoms with E-state index in [2.05, 4.69) is 11.9 Å². The van der Waals surface area contributed by atoms with E-state index < -0.39 is 5.60 Å². The van der Waals surface area contributed by atoms with Gasteiger partial charge in [0.1, 0.15) is 0 Å². The monoisotopic (exact) mass is 228 g/mol. The third-order valence-electron chi connectivity index (χ3n) is 4.06. The molecule has 4 heteroatoms.